The van der Waals surface area contributed by atoms with Gasteiger partial charge >= 0.3 is 0 Å². The maximum atomic E-state index is 5.72. The third-order valence-corrected chi connectivity index (χ3v) is 4.30. The summed E-state index contributed by atoms with van der Waals surface area (Å²) in [4.78, 5) is 0. The molecular formula is C18H29NO. The number of rotatable bonds is 8. The van der Waals surface area contributed by atoms with Gasteiger partial charge in [0, 0.05) is 12.6 Å². The maximum absolute atomic E-state index is 5.72. The van der Waals surface area contributed by atoms with Crippen LogP contribution in [0.25, 0.3) is 0 Å². The van der Waals surface area contributed by atoms with Crippen molar-refractivity contribution in [3.05, 3.63) is 35.4 Å². The van der Waals surface area contributed by atoms with E-state index in [0.29, 0.717) is 12.1 Å². The van der Waals surface area contributed by atoms with Crippen molar-refractivity contribution < 1.29 is 4.74 Å². The monoisotopic (exact) mass is 275 g/mol. The topological polar surface area (TPSA) is 21.3 Å². The summed E-state index contributed by atoms with van der Waals surface area (Å²) in [6, 6.07) is 9.37. The molecule has 112 valence electrons. The van der Waals surface area contributed by atoms with Crippen molar-refractivity contribution in [3.63, 3.8) is 0 Å². The number of hydrogen-bond donors (Lipinski definition) is 1. The smallest absolute Gasteiger partial charge is 0.0576 e. The number of nitrogens with one attached hydrogen (secondary N) is 1. The Labute approximate surface area is 123 Å². The Bertz CT molecular complexity index is 385. The van der Waals surface area contributed by atoms with Gasteiger partial charge in [0.1, 0.15) is 0 Å². The molecule has 2 unspecified atom stereocenters. The van der Waals surface area contributed by atoms with Crippen LogP contribution < -0.4 is 5.32 Å². The first-order valence-electron chi connectivity index (χ1n) is 8.28. The first-order chi connectivity index (χ1) is 9.85. The lowest BCUT2D eigenvalue weighted by Gasteiger charge is -2.22. The standard InChI is InChI=1S/C18H29NO/c1-3-15-9-5-6-12-17(15)18(19-4-2)13-7-10-16-11-8-14-20-16/h5-6,9,12,16,18-19H,3-4,7-8,10-11,13-14H2,1-2H3. The summed E-state index contributed by atoms with van der Waals surface area (Å²) in [6.45, 7) is 6.44. The van der Waals surface area contributed by atoms with E-state index in [1.807, 2.05) is 0 Å². The van der Waals surface area contributed by atoms with E-state index in [2.05, 4.69) is 43.4 Å². The molecule has 1 fully saturated rings. The van der Waals surface area contributed by atoms with Gasteiger partial charge in [0.25, 0.3) is 0 Å². The van der Waals surface area contributed by atoms with Crippen LogP contribution in [0, 0.1) is 0 Å². The zero-order valence-corrected chi connectivity index (χ0v) is 13.0. The fourth-order valence-electron chi connectivity index (χ4n) is 3.23. The van der Waals surface area contributed by atoms with Gasteiger partial charge in [0.2, 0.25) is 0 Å². The number of aryl methyl sites for hydroxylation is 1. The molecule has 2 heteroatoms. The largest absolute Gasteiger partial charge is 0.378 e. The molecule has 1 saturated heterocycles. The quantitative estimate of drug-likeness (QED) is 0.766. The lowest BCUT2D eigenvalue weighted by molar-refractivity contribution is 0.101. The lowest BCUT2D eigenvalue weighted by Crippen LogP contribution is -2.22. The van der Waals surface area contributed by atoms with E-state index < -0.39 is 0 Å². The maximum Gasteiger partial charge on any atom is 0.0576 e. The molecule has 2 nitrogen and oxygen atoms in total. The number of hydrogen-bond acceptors (Lipinski definition) is 2. The summed E-state index contributed by atoms with van der Waals surface area (Å²) in [7, 11) is 0. The summed E-state index contributed by atoms with van der Waals surface area (Å²) < 4.78 is 5.72. The van der Waals surface area contributed by atoms with Crippen molar-refractivity contribution in [3.8, 4) is 0 Å². The minimum Gasteiger partial charge on any atom is -0.378 e. The van der Waals surface area contributed by atoms with Gasteiger partial charge in [-0.1, -0.05) is 38.1 Å². The molecule has 0 aromatic heterocycles. The van der Waals surface area contributed by atoms with Crippen LogP contribution in [0.1, 0.15) is 63.1 Å². The van der Waals surface area contributed by atoms with Crippen molar-refractivity contribution in [2.75, 3.05) is 13.2 Å². The third-order valence-electron chi connectivity index (χ3n) is 4.30. The normalized spacial score (nSPS) is 20.2. The average Bonchev–Trinajstić information content (AvgIpc) is 2.99. The van der Waals surface area contributed by atoms with Gasteiger partial charge in [-0.05, 0) is 56.2 Å². The molecule has 1 aliphatic heterocycles. The van der Waals surface area contributed by atoms with E-state index in [9.17, 15) is 0 Å². The molecule has 20 heavy (non-hydrogen) atoms. The van der Waals surface area contributed by atoms with Gasteiger partial charge < -0.3 is 10.1 Å². The molecule has 0 saturated carbocycles. The molecule has 0 amide bonds. The van der Waals surface area contributed by atoms with Gasteiger partial charge in [0.15, 0.2) is 0 Å². The highest BCUT2D eigenvalue weighted by Gasteiger charge is 2.17. The van der Waals surface area contributed by atoms with Gasteiger partial charge in [-0.3, -0.25) is 0 Å². The molecule has 0 spiro atoms. The van der Waals surface area contributed by atoms with Crippen molar-refractivity contribution >= 4 is 0 Å². The van der Waals surface area contributed by atoms with Crippen LogP contribution in [0.3, 0.4) is 0 Å². The predicted molar refractivity (Wildman–Crippen MR) is 85.1 cm³/mol. The second kappa shape index (κ2) is 8.43. The van der Waals surface area contributed by atoms with E-state index in [-0.39, 0.29) is 0 Å². The predicted octanol–water partition coefficient (Wildman–Crippen LogP) is 4.25. The molecule has 2 atom stereocenters. The number of ether oxygens (including phenoxy) is 1. The molecule has 1 aromatic rings. The summed E-state index contributed by atoms with van der Waals surface area (Å²) in [5.41, 5.74) is 2.97. The second-order valence-electron chi connectivity index (χ2n) is 5.73. The Morgan fingerprint density at radius 1 is 1.30 bits per heavy atom. The molecular weight excluding hydrogens is 246 g/mol. The molecule has 1 aromatic carbocycles. The van der Waals surface area contributed by atoms with Crippen LogP contribution in [-0.4, -0.2) is 19.3 Å². The van der Waals surface area contributed by atoms with Crippen molar-refractivity contribution in [2.24, 2.45) is 0 Å². The summed E-state index contributed by atoms with van der Waals surface area (Å²) in [5, 5.41) is 3.66. The minimum absolute atomic E-state index is 0.498. The first kappa shape index (κ1) is 15.5. The van der Waals surface area contributed by atoms with Crippen molar-refractivity contribution in [1.29, 1.82) is 0 Å². The summed E-state index contributed by atoms with van der Waals surface area (Å²) >= 11 is 0. The Kier molecular flexibility index (Phi) is 6.55. The van der Waals surface area contributed by atoms with Crippen molar-refractivity contribution in [2.45, 2.75) is 64.5 Å². The average molecular weight is 275 g/mol. The van der Waals surface area contributed by atoms with E-state index >= 15 is 0 Å². The molecule has 1 heterocycles. The lowest BCUT2D eigenvalue weighted by atomic mass is 9.94. The molecule has 1 N–H and O–H groups in total. The second-order valence-corrected chi connectivity index (χ2v) is 5.73. The van der Waals surface area contributed by atoms with Gasteiger partial charge in [-0.25, -0.2) is 0 Å². The SMILES string of the molecule is CCNC(CCCC1CCCO1)c1ccccc1CC. The van der Waals surface area contributed by atoms with E-state index in [0.717, 1.165) is 19.6 Å². The Hall–Kier alpha value is -0.860. The van der Waals surface area contributed by atoms with Crippen LogP contribution in [0.15, 0.2) is 24.3 Å². The highest BCUT2D eigenvalue weighted by atomic mass is 16.5. The van der Waals surface area contributed by atoms with Gasteiger partial charge in [-0.2, -0.15) is 0 Å². The van der Waals surface area contributed by atoms with Crippen LogP contribution in [0.5, 0.6) is 0 Å². The molecule has 0 radical (unpaired) electrons. The molecule has 1 aliphatic rings. The Balaban J connectivity index is 1.91. The fourth-order valence-corrected chi connectivity index (χ4v) is 3.23. The van der Waals surface area contributed by atoms with Crippen LogP contribution in [0.2, 0.25) is 0 Å². The van der Waals surface area contributed by atoms with Crippen LogP contribution in [-0.2, 0) is 11.2 Å². The molecule has 0 aliphatic carbocycles. The molecule has 2 rings (SSSR count). The first-order valence-corrected chi connectivity index (χ1v) is 8.28. The van der Waals surface area contributed by atoms with Gasteiger partial charge in [-0.15, -0.1) is 0 Å². The third kappa shape index (κ3) is 4.32. The minimum atomic E-state index is 0.498. The summed E-state index contributed by atoms with van der Waals surface area (Å²) in [5.74, 6) is 0. The number of benzene rings is 1. The van der Waals surface area contributed by atoms with E-state index in [4.69, 9.17) is 4.74 Å². The summed E-state index contributed by atoms with van der Waals surface area (Å²) in [6.07, 6.45) is 7.83. The zero-order valence-electron chi connectivity index (χ0n) is 13.0. The molecule has 0 bridgehead atoms. The Morgan fingerprint density at radius 3 is 2.85 bits per heavy atom. The Morgan fingerprint density at radius 2 is 2.15 bits per heavy atom. The van der Waals surface area contributed by atoms with Crippen molar-refractivity contribution in [1.82, 2.24) is 5.32 Å². The fraction of sp³-hybridized carbons (Fsp3) is 0.667. The zero-order chi connectivity index (χ0) is 14.2. The highest BCUT2D eigenvalue weighted by molar-refractivity contribution is 5.30. The van der Waals surface area contributed by atoms with E-state index in [1.165, 1.54) is 43.2 Å². The van der Waals surface area contributed by atoms with Crippen LogP contribution >= 0.6 is 0 Å². The van der Waals surface area contributed by atoms with E-state index in [1.54, 1.807) is 0 Å². The van der Waals surface area contributed by atoms with Gasteiger partial charge in [0.05, 0.1) is 6.10 Å². The van der Waals surface area contributed by atoms with Crippen LogP contribution in [0.4, 0.5) is 0 Å². The highest BCUT2D eigenvalue weighted by Crippen LogP contribution is 2.25.